The lowest BCUT2D eigenvalue weighted by atomic mass is 9.86. The van der Waals surface area contributed by atoms with Crippen molar-refractivity contribution >= 4 is 0 Å². The molecule has 2 aliphatic carbocycles. The molecule has 1 aliphatic heterocycles. The standard InChI is InChI=1S/C16H30N2O/c19-13-9-7-12(8-10-13)18-16-6-3-4-14(16)15-5-1-2-11-17-15/h12-19H,1-11H2. The number of aliphatic hydroxyl groups is 1. The average molecular weight is 266 g/mol. The Morgan fingerprint density at radius 1 is 0.842 bits per heavy atom. The summed E-state index contributed by atoms with van der Waals surface area (Å²) < 4.78 is 0. The van der Waals surface area contributed by atoms with E-state index in [9.17, 15) is 5.11 Å². The van der Waals surface area contributed by atoms with Gasteiger partial charge in [0, 0.05) is 18.1 Å². The third kappa shape index (κ3) is 3.50. The summed E-state index contributed by atoms with van der Waals surface area (Å²) in [5.41, 5.74) is 0. The van der Waals surface area contributed by atoms with Crippen LogP contribution in [0, 0.1) is 5.92 Å². The Kier molecular flexibility index (Phi) is 4.78. The molecule has 0 radical (unpaired) electrons. The van der Waals surface area contributed by atoms with Gasteiger partial charge in [-0.05, 0) is 63.8 Å². The van der Waals surface area contributed by atoms with E-state index in [0.29, 0.717) is 6.04 Å². The van der Waals surface area contributed by atoms with E-state index in [0.717, 1.165) is 30.8 Å². The van der Waals surface area contributed by atoms with Crippen molar-refractivity contribution in [1.29, 1.82) is 0 Å². The van der Waals surface area contributed by atoms with Crippen LogP contribution in [0.15, 0.2) is 0 Å². The molecule has 3 N–H and O–H groups in total. The third-order valence-electron chi connectivity index (χ3n) is 5.58. The van der Waals surface area contributed by atoms with Crippen molar-refractivity contribution in [3.05, 3.63) is 0 Å². The molecule has 2 saturated carbocycles. The lowest BCUT2D eigenvalue weighted by molar-refractivity contribution is 0.110. The monoisotopic (exact) mass is 266 g/mol. The second-order valence-corrected chi connectivity index (χ2v) is 6.93. The lowest BCUT2D eigenvalue weighted by Crippen LogP contribution is -2.50. The number of nitrogens with one attached hydrogen (secondary N) is 2. The van der Waals surface area contributed by atoms with Gasteiger partial charge in [-0.3, -0.25) is 0 Å². The van der Waals surface area contributed by atoms with Gasteiger partial charge in [-0.15, -0.1) is 0 Å². The van der Waals surface area contributed by atoms with Crippen molar-refractivity contribution in [1.82, 2.24) is 10.6 Å². The first-order chi connectivity index (χ1) is 9.33. The maximum atomic E-state index is 9.61. The molecule has 0 spiro atoms. The van der Waals surface area contributed by atoms with Gasteiger partial charge in [0.25, 0.3) is 0 Å². The Morgan fingerprint density at radius 3 is 2.42 bits per heavy atom. The zero-order chi connectivity index (χ0) is 13.1. The van der Waals surface area contributed by atoms with Crippen molar-refractivity contribution in [2.75, 3.05) is 6.54 Å². The fraction of sp³-hybridized carbons (Fsp3) is 1.00. The van der Waals surface area contributed by atoms with Gasteiger partial charge >= 0.3 is 0 Å². The second-order valence-electron chi connectivity index (χ2n) is 6.93. The van der Waals surface area contributed by atoms with Gasteiger partial charge in [-0.1, -0.05) is 12.8 Å². The summed E-state index contributed by atoms with van der Waals surface area (Å²) in [4.78, 5) is 0. The molecule has 3 rings (SSSR count). The normalized spacial score (nSPS) is 44.4. The summed E-state index contributed by atoms with van der Waals surface area (Å²) in [5, 5.41) is 17.3. The lowest BCUT2D eigenvalue weighted by Gasteiger charge is -2.36. The van der Waals surface area contributed by atoms with E-state index < -0.39 is 0 Å². The van der Waals surface area contributed by atoms with E-state index in [2.05, 4.69) is 10.6 Å². The smallest absolute Gasteiger partial charge is 0.0541 e. The SMILES string of the molecule is OC1CCC(NC2CCCC2C2CCCCN2)CC1. The first kappa shape index (κ1) is 13.8. The van der Waals surface area contributed by atoms with Crippen LogP contribution in [-0.2, 0) is 0 Å². The topological polar surface area (TPSA) is 44.3 Å². The Labute approximate surface area is 117 Å². The number of hydrogen-bond donors (Lipinski definition) is 3. The number of aliphatic hydroxyl groups excluding tert-OH is 1. The second kappa shape index (κ2) is 6.55. The molecule has 1 saturated heterocycles. The van der Waals surface area contributed by atoms with E-state index in [1.807, 2.05) is 0 Å². The molecule has 3 atom stereocenters. The van der Waals surface area contributed by atoms with Crippen LogP contribution in [-0.4, -0.2) is 35.9 Å². The first-order valence-corrected chi connectivity index (χ1v) is 8.50. The summed E-state index contributed by atoms with van der Waals surface area (Å²) in [6, 6.07) is 2.16. The van der Waals surface area contributed by atoms with Gasteiger partial charge in [0.2, 0.25) is 0 Å². The van der Waals surface area contributed by atoms with Crippen LogP contribution in [0.4, 0.5) is 0 Å². The Morgan fingerprint density at radius 2 is 1.68 bits per heavy atom. The fourth-order valence-electron chi connectivity index (χ4n) is 4.47. The van der Waals surface area contributed by atoms with E-state index in [1.165, 1.54) is 57.9 Å². The fourth-order valence-corrected chi connectivity index (χ4v) is 4.47. The van der Waals surface area contributed by atoms with Gasteiger partial charge < -0.3 is 15.7 Å². The van der Waals surface area contributed by atoms with Crippen LogP contribution >= 0.6 is 0 Å². The van der Waals surface area contributed by atoms with Crippen LogP contribution in [0.3, 0.4) is 0 Å². The Bertz CT molecular complexity index is 270. The molecule has 0 bridgehead atoms. The van der Waals surface area contributed by atoms with Crippen LogP contribution in [0.5, 0.6) is 0 Å². The molecule has 3 fully saturated rings. The van der Waals surface area contributed by atoms with Gasteiger partial charge in [0.15, 0.2) is 0 Å². The van der Waals surface area contributed by atoms with Crippen molar-refractivity contribution in [2.45, 2.75) is 88.4 Å². The average Bonchev–Trinajstić information content (AvgIpc) is 2.90. The summed E-state index contributed by atoms with van der Waals surface area (Å²) in [5.74, 6) is 0.854. The van der Waals surface area contributed by atoms with Crippen LogP contribution in [0.2, 0.25) is 0 Å². The molecule has 3 aliphatic rings. The van der Waals surface area contributed by atoms with Gasteiger partial charge in [0.05, 0.1) is 6.10 Å². The van der Waals surface area contributed by atoms with Crippen molar-refractivity contribution < 1.29 is 5.11 Å². The van der Waals surface area contributed by atoms with Crippen molar-refractivity contribution in [3.8, 4) is 0 Å². The highest BCUT2D eigenvalue weighted by atomic mass is 16.3. The summed E-state index contributed by atoms with van der Waals surface area (Å²) >= 11 is 0. The quantitative estimate of drug-likeness (QED) is 0.734. The highest BCUT2D eigenvalue weighted by Crippen LogP contribution is 2.33. The molecule has 1 heterocycles. The highest BCUT2D eigenvalue weighted by molar-refractivity contribution is 4.94. The number of hydrogen-bond acceptors (Lipinski definition) is 3. The summed E-state index contributed by atoms with van der Waals surface area (Å²) in [6.07, 6.45) is 12.6. The minimum absolute atomic E-state index is 0.0302. The largest absolute Gasteiger partial charge is 0.393 e. The van der Waals surface area contributed by atoms with E-state index >= 15 is 0 Å². The summed E-state index contributed by atoms with van der Waals surface area (Å²) in [6.45, 7) is 1.23. The maximum Gasteiger partial charge on any atom is 0.0541 e. The molecule has 0 aromatic heterocycles. The van der Waals surface area contributed by atoms with Crippen molar-refractivity contribution in [2.24, 2.45) is 5.92 Å². The van der Waals surface area contributed by atoms with Gasteiger partial charge in [-0.2, -0.15) is 0 Å². The number of piperidine rings is 1. The molecular weight excluding hydrogens is 236 g/mol. The van der Waals surface area contributed by atoms with Gasteiger partial charge in [-0.25, -0.2) is 0 Å². The molecule has 3 unspecified atom stereocenters. The molecular formula is C16H30N2O. The molecule has 3 heteroatoms. The molecule has 0 aromatic carbocycles. The minimum Gasteiger partial charge on any atom is -0.393 e. The molecule has 0 amide bonds. The van der Waals surface area contributed by atoms with Crippen LogP contribution < -0.4 is 10.6 Å². The van der Waals surface area contributed by atoms with Crippen molar-refractivity contribution in [3.63, 3.8) is 0 Å². The number of rotatable bonds is 3. The molecule has 3 nitrogen and oxygen atoms in total. The Balaban J connectivity index is 1.51. The van der Waals surface area contributed by atoms with Gasteiger partial charge in [0.1, 0.15) is 0 Å². The van der Waals surface area contributed by atoms with E-state index in [4.69, 9.17) is 0 Å². The predicted octanol–water partition coefficient (Wildman–Crippen LogP) is 2.19. The predicted molar refractivity (Wildman–Crippen MR) is 78.2 cm³/mol. The van der Waals surface area contributed by atoms with E-state index in [1.54, 1.807) is 0 Å². The molecule has 19 heavy (non-hydrogen) atoms. The summed E-state index contributed by atoms with van der Waals surface area (Å²) in [7, 11) is 0. The van der Waals surface area contributed by atoms with Crippen LogP contribution in [0.1, 0.15) is 64.2 Å². The third-order valence-corrected chi connectivity index (χ3v) is 5.58. The van der Waals surface area contributed by atoms with Crippen LogP contribution in [0.25, 0.3) is 0 Å². The zero-order valence-corrected chi connectivity index (χ0v) is 12.1. The highest BCUT2D eigenvalue weighted by Gasteiger charge is 2.35. The molecule has 0 aromatic rings. The zero-order valence-electron chi connectivity index (χ0n) is 12.1. The van der Waals surface area contributed by atoms with E-state index in [-0.39, 0.29) is 6.10 Å². The maximum absolute atomic E-state index is 9.61. The Hall–Kier alpha value is -0.120. The minimum atomic E-state index is -0.0302. The molecule has 110 valence electrons. The first-order valence-electron chi connectivity index (χ1n) is 8.50.